The van der Waals surface area contributed by atoms with Crippen LogP contribution in [0.1, 0.15) is 11.3 Å². The predicted octanol–water partition coefficient (Wildman–Crippen LogP) is 3.82. The molecule has 20 heavy (non-hydrogen) atoms. The molecule has 4 heteroatoms. The number of nitrogens with zero attached hydrogens (tertiary/aromatic N) is 2. The molecular weight excluding hydrogens is 266 g/mol. The van der Waals surface area contributed by atoms with Crippen molar-refractivity contribution in [2.45, 2.75) is 6.42 Å². The van der Waals surface area contributed by atoms with Gasteiger partial charge in [-0.3, -0.25) is 0 Å². The van der Waals surface area contributed by atoms with Gasteiger partial charge >= 0.3 is 0 Å². The maximum Gasteiger partial charge on any atom is 0.143 e. The molecule has 0 saturated heterocycles. The van der Waals surface area contributed by atoms with Gasteiger partial charge in [0, 0.05) is 17.6 Å². The van der Waals surface area contributed by atoms with E-state index in [9.17, 15) is 0 Å². The largest absolute Gasteiger partial charge is 0.384 e. The van der Waals surface area contributed by atoms with Crippen molar-refractivity contribution in [3.8, 4) is 6.07 Å². The van der Waals surface area contributed by atoms with Gasteiger partial charge in [-0.2, -0.15) is 16.6 Å². The summed E-state index contributed by atoms with van der Waals surface area (Å²) in [4.78, 5) is 4.31. The number of anilines is 1. The molecule has 2 aromatic heterocycles. The van der Waals surface area contributed by atoms with Crippen LogP contribution in [0.15, 0.2) is 47.2 Å². The number of fused-ring (bicyclic) bond motifs is 1. The smallest absolute Gasteiger partial charge is 0.143 e. The molecule has 0 aliphatic rings. The highest BCUT2D eigenvalue weighted by Crippen LogP contribution is 2.23. The van der Waals surface area contributed by atoms with E-state index in [4.69, 9.17) is 5.26 Å². The number of nitrogens with one attached hydrogen (secondary N) is 1. The van der Waals surface area contributed by atoms with Crippen LogP contribution in [0, 0.1) is 11.3 Å². The van der Waals surface area contributed by atoms with Crippen molar-refractivity contribution in [3.63, 3.8) is 0 Å². The summed E-state index contributed by atoms with van der Waals surface area (Å²) in [6, 6.07) is 13.9. The van der Waals surface area contributed by atoms with E-state index in [0.29, 0.717) is 5.69 Å². The Hall–Kier alpha value is -2.38. The summed E-state index contributed by atoms with van der Waals surface area (Å²) in [5, 5.41) is 17.8. The van der Waals surface area contributed by atoms with Crippen LogP contribution < -0.4 is 5.32 Å². The summed E-state index contributed by atoms with van der Waals surface area (Å²) in [5.74, 6) is 0. The van der Waals surface area contributed by atoms with Gasteiger partial charge in [0.15, 0.2) is 0 Å². The summed E-state index contributed by atoms with van der Waals surface area (Å²) < 4.78 is 0. The minimum absolute atomic E-state index is 0.446. The van der Waals surface area contributed by atoms with Crippen molar-refractivity contribution in [3.05, 3.63) is 58.4 Å². The van der Waals surface area contributed by atoms with E-state index >= 15 is 0 Å². The normalized spacial score (nSPS) is 10.3. The van der Waals surface area contributed by atoms with Gasteiger partial charge in [0.2, 0.25) is 0 Å². The number of nitriles is 1. The van der Waals surface area contributed by atoms with Crippen molar-refractivity contribution in [1.82, 2.24) is 4.98 Å². The maximum absolute atomic E-state index is 9.06. The summed E-state index contributed by atoms with van der Waals surface area (Å²) in [7, 11) is 0. The lowest BCUT2D eigenvalue weighted by Gasteiger charge is -2.09. The number of pyridine rings is 1. The molecule has 98 valence electrons. The molecule has 3 aromatic rings. The molecule has 0 bridgehead atoms. The second-order valence-corrected chi connectivity index (χ2v) is 5.27. The first-order valence-corrected chi connectivity index (χ1v) is 7.36. The number of rotatable bonds is 4. The second-order valence-electron chi connectivity index (χ2n) is 4.49. The van der Waals surface area contributed by atoms with Crippen LogP contribution in [0.25, 0.3) is 10.9 Å². The van der Waals surface area contributed by atoms with E-state index in [1.807, 2.05) is 30.3 Å². The Labute approximate surface area is 121 Å². The van der Waals surface area contributed by atoms with E-state index < -0.39 is 0 Å². The van der Waals surface area contributed by atoms with Gasteiger partial charge in [-0.05, 0) is 40.9 Å². The summed E-state index contributed by atoms with van der Waals surface area (Å²) in [6.07, 6.45) is 0.974. The van der Waals surface area contributed by atoms with Crippen LogP contribution >= 0.6 is 11.3 Å². The maximum atomic E-state index is 9.06. The lowest BCUT2D eigenvalue weighted by Crippen LogP contribution is -2.05. The average Bonchev–Trinajstić information content (AvgIpc) is 3.00. The molecular formula is C16H13N3S. The topological polar surface area (TPSA) is 48.7 Å². The molecule has 0 aliphatic carbocycles. The Morgan fingerprint density at radius 3 is 2.95 bits per heavy atom. The van der Waals surface area contributed by atoms with E-state index in [1.165, 1.54) is 5.56 Å². The third-order valence-electron chi connectivity index (χ3n) is 3.14. The molecule has 0 spiro atoms. The third-order valence-corrected chi connectivity index (χ3v) is 3.87. The molecule has 2 heterocycles. The number of benzene rings is 1. The van der Waals surface area contributed by atoms with Crippen LogP contribution in [0.4, 0.5) is 5.69 Å². The zero-order valence-corrected chi connectivity index (χ0v) is 11.7. The van der Waals surface area contributed by atoms with E-state index in [0.717, 1.165) is 29.6 Å². The standard InChI is InChI=1S/C16H13N3S/c17-10-13-9-16(14-3-1-2-4-15(14)19-13)18-7-5-12-6-8-20-11-12/h1-4,6,8-9,11H,5,7H2,(H,18,19). The molecule has 3 nitrogen and oxygen atoms in total. The van der Waals surface area contributed by atoms with Gasteiger partial charge in [-0.25, -0.2) is 4.98 Å². The van der Waals surface area contributed by atoms with Crippen molar-refractivity contribution in [1.29, 1.82) is 5.26 Å². The monoisotopic (exact) mass is 279 g/mol. The van der Waals surface area contributed by atoms with E-state index in [-0.39, 0.29) is 0 Å². The van der Waals surface area contributed by atoms with Crippen LogP contribution in [0.5, 0.6) is 0 Å². The van der Waals surface area contributed by atoms with Gasteiger partial charge in [-0.1, -0.05) is 18.2 Å². The lowest BCUT2D eigenvalue weighted by molar-refractivity contribution is 1.03. The highest BCUT2D eigenvalue weighted by molar-refractivity contribution is 7.07. The SMILES string of the molecule is N#Cc1cc(NCCc2ccsc2)c2ccccc2n1. The minimum atomic E-state index is 0.446. The van der Waals surface area contributed by atoms with Gasteiger partial charge in [0.25, 0.3) is 0 Å². The highest BCUT2D eigenvalue weighted by atomic mass is 32.1. The average molecular weight is 279 g/mol. The Kier molecular flexibility index (Phi) is 3.62. The van der Waals surface area contributed by atoms with Crippen LogP contribution in [0.2, 0.25) is 0 Å². The molecule has 0 unspecified atom stereocenters. The molecule has 0 amide bonds. The molecule has 0 fully saturated rings. The quantitative estimate of drug-likeness (QED) is 0.789. The number of aromatic nitrogens is 1. The fraction of sp³-hybridized carbons (Fsp3) is 0.125. The Morgan fingerprint density at radius 1 is 1.25 bits per heavy atom. The van der Waals surface area contributed by atoms with Crippen LogP contribution in [0.3, 0.4) is 0 Å². The number of para-hydroxylation sites is 1. The van der Waals surface area contributed by atoms with Crippen molar-refractivity contribution >= 4 is 27.9 Å². The van der Waals surface area contributed by atoms with Gasteiger partial charge < -0.3 is 5.32 Å². The Balaban J connectivity index is 1.84. The molecule has 1 N–H and O–H groups in total. The van der Waals surface area contributed by atoms with Crippen molar-refractivity contribution in [2.75, 3.05) is 11.9 Å². The molecule has 0 atom stereocenters. The first kappa shape index (κ1) is 12.6. The van der Waals surface area contributed by atoms with E-state index in [1.54, 1.807) is 11.3 Å². The molecule has 0 radical (unpaired) electrons. The Morgan fingerprint density at radius 2 is 2.15 bits per heavy atom. The zero-order valence-electron chi connectivity index (χ0n) is 10.8. The van der Waals surface area contributed by atoms with Gasteiger partial charge in [0.1, 0.15) is 11.8 Å². The number of hydrogen-bond donors (Lipinski definition) is 1. The molecule has 0 aliphatic heterocycles. The van der Waals surface area contributed by atoms with E-state index in [2.05, 4.69) is 33.2 Å². The lowest BCUT2D eigenvalue weighted by atomic mass is 10.1. The fourth-order valence-electron chi connectivity index (χ4n) is 2.16. The first-order chi connectivity index (χ1) is 9.86. The van der Waals surface area contributed by atoms with Crippen molar-refractivity contribution < 1.29 is 0 Å². The zero-order chi connectivity index (χ0) is 13.8. The van der Waals surface area contributed by atoms with Gasteiger partial charge in [-0.15, -0.1) is 0 Å². The highest BCUT2D eigenvalue weighted by Gasteiger charge is 2.05. The third kappa shape index (κ3) is 2.63. The minimum Gasteiger partial charge on any atom is -0.384 e. The Bertz CT molecular complexity index is 757. The summed E-state index contributed by atoms with van der Waals surface area (Å²) in [5.41, 5.74) is 3.61. The second kappa shape index (κ2) is 5.72. The van der Waals surface area contributed by atoms with Crippen LogP contribution in [-0.2, 0) is 6.42 Å². The predicted molar refractivity (Wildman–Crippen MR) is 83.0 cm³/mol. The molecule has 1 aromatic carbocycles. The molecule has 0 saturated carbocycles. The van der Waals surface area contributed by atoms with Crippen LogP contribution in [-0.4, -0.2) is 11.5 Å². The number of hydrogen-bond acceptors (Lipinski definition) is 4. The first-order valence-electron chi connectivity index (χ1n) is 6.41. The summed E-state index contributed by atoms with van der Waals surface area (Å²) in [6.45, 7) is 0.843. The number of thiophene rings is 1. The van der Waals surface area contributed by atoms with Crippen molar-refractivity contribution in [2.24, 2.45) is 0 Å². The fourth-order valence-corrected chi connectivity index (χ4v) is 2.86. The van der Waals surface area contributed by atoms with Gasteiger partial charge in [0.05, 0.1) is 5.52 Å². The molecule has 3 rings (SSSR count). The summed E-state index contributed by atoms with van der Waals surface area (Å²) >= 11 is 1.71.